The number of ether oxygens (including phenoxy) is 1. The molecule has 1 amide bonds. The number of rotatable bonds is 5. The van der Waals surface area contributed by atoms with Crippen LogP contribution < -0.4 is 10.1 Å². The van der Waals surface area contributed by atoms with Gasteiger partial charge in [0, 0.05) is 6.92 Å². The second-order valence-electron chi connectivity index (χ2n) is 7.57. The molecule has 1 heterocycles. The number of hydrogen-bond donors (Lipinski definition) is 1. The monoisotopic (exact) mass is 457 g/mol. The van der Waals surface area contributed by atoms with Crippen LogP contribution in [-0.4, -0.2) is 22.7 Å². The van der Waals surface area contributed by atoms with E-state index in [2.05, 4.69) is 31.4 Å². The molecule has 1 aromatic heterocycles. The maximum absolute atomic E-state index is 12.8. The summed E-state index contributed by atoms with van der Waals surface area (Å²) in [6, 6.07) is 11.9. The Kier molecular flexibility index (Phi) is 5.85. The summed E-state index contributed by atoms with van der Waals surface area (Å²) in [7, 11) is 0. The summed E-state index contributed by atoms with van der Waals surface area (Å²) in [6.07, 6.45) is 5.94. The second kappa shape index (κ2) is 8.53. The summed E-state index contributed by atoms with van der Waals surface area (Å²) in [5.41, 5.74) is -0.588. The Morgan fingerprint density at radius 2 is 1.93 bits per heavy atom. The van der Waals surface area contributed by atoms with E-state index in [1.165, 1.54) is 0 Å². The highest BCUT2D eigenvalue weighted by atomic mass is 79.9. The molecular weight excluding hydrogens is 434 g/mol. The van der Waals surface area contributed by atoms with Crippen molar-refractivity contribution in [1.29, 1.82) is 0 Å². The minimum atomic E-state index is -0.588. The summed E-state index contributed by atoms with van der Waals surface area (Å²) in [5.74, 6) is 1.53. The number of benzene rings is 2. The topological polar surface area (TPSA) is 77.2 Å². The van der Waals surface area contributed by atoms with Gasteiger partial charge in [0.05, 0.1) is 4.47 Å². The molecule has 152 valence electrons. The Hall–Kier alpha value is -2.41. The molecule has 1 saturated carbocycles. The van der Waals surface area contributed by atoms with Crippen molar-refractivity contribution in [2.75, 3.05) is 6.61 Å². The van der Waals surface area contributed by atoms with E-state index in [0.29, 0.717) is 17.5 Å². The molecule has 7 heteroatoms. The zero-order valence-corrected chi connectivity index (χ0v) is 18.0. The van der Waals surface area contributed by atoms with E-state index in [1.807, 2.05) is 36.4 Å². The van der Waals surface area contributed by atoms with E-state index in [9.17, 15) is 4.79 Å². The maximum atomic E-state index is 12.8. The maximum Gasteiger partial charge on any atom is 0.258 e. The molecular formula is C22H24BrN3O3. The molecule has 0 atom stereocenters. The summed E-state index contributed by atoms with van der Waals surface area (Å²) >= 11 is 3.60. The predicted molar refractivity (Wildman–Crippen MR) is 114 cm³/mol. The van der Waals surface area contributed by atoms with Crippen molar-refractivity contribution in [3.63, 3.8) is 0 Å². The lowest BCUT2D eigenvalue weighted by atomic mass is 9.89. The number of nitrogens with one attached hydrogen (secondary N) is 1. The van der Waals surface area contributed by atoms with Crippen LogP contribution in [0.2, 0.25) is 0 Å². The van der Waals surface area contributed by atoms with Crippen molar-refractivity contribution in [3.8, 4) is 5.75 Å². The van der Waals surface area contributed by atoms with Crippen molar-refractivity contribution < 1.29 is 14.1 Å². The van der Waals surface area contributed by atoms with Crippen LogP contribution in [0, 0.1) is 6.92 Å². The number of fused-ring (bicyclic) bond motifs is 1. The molecule has 3 aromatic rings. The number of carbonyl (C=O) groups excluding carboxylic acids is 1. The Balaban J connectivity index is 1.49. The van der Waals surface area contributed by atoms with Crippen LogP contribution in [0.3, 0.4) is 0 Å². The molecule has 4 rings (SSSR count). The SMILES string of the molecule is Cc1nc(C2(NC(=O)COc3ccc4ccccc4c3Br)CCCCCC2)no1. The fraction of sp³-hybridized carbons (Fsp3) is 0.409. The van der Waals surface area contributed by atoms with E-state index in [4.69, 9.17) is 9.26 Å². The third-order valence-corrected chi connectivity index (χ3v) is 6.30. The zero-order chi connectivity index (χ0) is 20.3. The smallest absolute Gasteiger partial charge is 0.258 e. The molecule has 1 N–H and O–H groups in total. The van der Waals surface area contributed by atoms with E-state index in [0.717, 1.165) is 53.8 Å². The Morgan fingerprint density at radius 1 is 1.17 bits per heavy atom. The zero-order valence-electron chi connectivity index (χ0n) is 16.4. The molecule has 0 aliphatic heterocycles. The fourth-order valence-corrected chi connectivity index (χ4v) is 4.61. The van der Waals surface area contributed by atoms with Crippen LogP contribution in [0.25, 0.3) is 10.8 Å². The average molecular weight is 458 g/mol. The van der Waals surface area contributed by atoms with Gasteiger partial charge in [0.1, 0.15) is 11.3 Å². The van der Waals surface area contributed by atoms with Crippen molar-refractivity contribution >= 4 is 32.6 Å². The molecule has 1 aliphatic carbocycles. The minimum Gasteiger partial charge on any atom is -0.483 e. The third kappa shape index (κ3) is 4.29. The van der Waals surface area contributed by atoms with Gasteiger partial charge in [-0.15, -0.1) is 0 Å². The number of aryl methyl sites for hydroxylation is 1. The first-order chi connectivity index (χ1) is 14.1. The van der Waals surface area contributed by atoms with Crippen LogP contribution in [0.15, 0.2) is 45.4 Å². The van der Waals surface area contributed by atoms with Crippen molar-refractivity contribution in [3.05, 3.63) is 52.6 Å². The molecule has 1 aliphatic rings. The lowest BCUT2D eigenvalue weighted by Crippen LogP contribution is -2.48. The Morgan fingerprint density at radius 3 is 2.66 bits per heavy atom. The van der Waals surface area contributed by atoms with Crippen molar-refractivity contribution in [2.24, 2.45) is 0 Å². The largest absolute Gasteiger partial charge is 0.483 e. The second-order valence-corrected chi connectivity index (χ2v) is 8.36. The summed E-state index contributed by atoms with van der Waals surface area (Å²) in [4.78, 5) is 17.2. The summed E-state index contributed by atoms with van der Waals surface area (Å²) < 4.78 is 11.9. The summed E-state index contributed by atoms with van der Waals surface area (Å²) in [5, 5.41) is 9.45. The van der Waals surface area contributed by atoms with Gasteiger partial charge in [-0.2, -0.15) is 4.98 Å². The van der Waals surface area contributed by atoms with Gasteiger partial charge in [0.25, 0.3) is 5.91 Å². The highest BCUT2D eigenvalue weighted by Crippen LogP contribution is 2.35. The third-order valence-electron chi connectivity index (χ3n) is 5.48. The standard InChI is InChI=1S/C22H24BrN3O3/c1-15-24-21(26-29-15)22(12-6-2-3-7-13-22)25-19(27)14-28-18-11-10-16-8-4-5-9-17(16)20(18)23/h4-5,8-11H,2-3,6-7,12-14H2,1H3,(H,25,27). The van der Waals surface area contributed by atoms with Gasteiger partial charge >= 0.3 is 0 Å². The lowest BCUT2D eigenvalue weighted by molar-refractivity contribution is -0.125. The van der Waals surface area contributed by atoms with Crippen LogP contribution in [0.1, 0.15) is 50.2 Å². The number of hydrogen-bond acceptors (Lipinski definition) is 5. The summed E-state index contributed by atoms with van der Waals surface area (Å²) in [6.45, 7) is 1.69. The molecule has 1 fully saturated rings. The number of nitrogens with zero attached hydrogens (tertiary/aromatic N) is 2. The van der Waals surface area contributed by atoms with Gasteiger partial charge in [-0.25, -0.2) is 0 Å². The molecule has 0 saturated heterocycles. The van der Waals surface area contributed by atoms with Gasteiger partial charge in [-0.05, 0) is 45.6 Å². The Bertz CT molecular complexity index is 1010. The van der Waals surface area contributed by atoms with E-state index < -0.39 is 5.54 Å². The highest BCUT2D eigenvalue weighted by molar-refractivity contribution is 9.10. The highest BCUT2D eigenvalue weighted by Gasteiger charge is 2.38. The first kappa shape index (κ1) is 19.9. The van der Waals surface area contributed by atoms with E-state index in [1.54, 1.807) is 6.92 Å². The quantitative estimate of drug-likeness (QED) is 0.543. The minimum absolute atomic E-state index is 0.0739. The van der Waals surface area contributed by atoms with Crippen LogP contribution in [0.5, 0.6) is 5.75 Å². The van der Waals surface area contributed by atoms with Crippen LogP contribution in [0.4, 0.5) is 0 Å². The van der Waals surface area contributed by atoms with Gasteiger partial charge in [0.15, 0.2) is 12.4 Å². The van der Waals surface area contributed by atoms with Crippen LogP contribution in [-0.2, 0) is 10.3 Å². The van der Waals surface area contributed by atoms with Gasteiger partial charge in [0.2, 0.25) is 5.89 Å². The first-order valence-corrected chi connectivity index (χ1v) is 10.8. The number of amides is 1. The number of aromatic nitrogens is 2. The molecule has 0 bridgehead atoms. The molecule has 0 radical (unpaired) electrons. The molecule has 2 aromatic carbocycles. The fourth-order valence-electron chi connectivity index (χ4n) is 4.00. The van der Waals surface area contributed by atoms with Gasteiger partial charge < -0.3 is 14.6 Å². The van der Waals surface area contributed by atoms with Gasteiger partial charge in [-0.3, -0.25) is 4.79 Å². The van der Waals surface area contributed by atoms with E-state index in [-0.39, 0.29) is 12.5 Å². The van der Waals surface area contributed by atoms with Crippen molar-refractivity contribution in [1.82, 2.24) is 15.5 Å². The molecule has 29 heavy (non-hydrogen) atoms. The molecule has 6 nitrogen and oxygen atoms in total. The normalized spacial score (nSPS) is 16.3. The van der Waals surface area contributed by atoms with E-state index >= 15 is 0 Å². The Labute approximate surface area is 178 Å². The first-order valence-electron chi connectivity index (χ1n) is 9.99. The predicted octanol–water partition coefficient (Wildman–Crippen LogP) is 5.04. The average Bonchev–Trinajstić information content (AvgIpc) is 3.03. The van der Waals surface area contributed by atoms with Crippen LogP contribution >= 0.6 is 15.9 Å². The molecule has 0 spiro atoms. The number of carbonyl (C=O) groups is 1. The van der Waals surface area contributed by atoms with Gasteiger partial charge in [-0.1, -0.05) is 61.2 Å². The molecule has 0 unspecified atom stereocenters. The lowest BCUT2D eigenvalue weighted by Gasteiger charge is -2.30. The van der Waals surface area contributed by atoms with Crippen molar-refractivity contribution in [2.45, 2.75) is 51.0 Å². The number of halogens is 1.